The van der Waals surface area contributed by atoms with E-state index in [1.165, 1.54) is 0 Å². The predicted octanol–water partition coefficient (Wildman–Crippen LogP) is 2.09. The molecule has 0 fully saturated rings. The number of amides is 1. The number of hydrogen-bond donors (Lipinski definition) is 2. The van der Waals surface area contributed by atoms with E-state index in [2.05, 4.69) is 10.6 Å². The SMILES string of the molecule is CC1=C(C)Nc2ccccc2C(=O)N1. The highest BCUT2D eigenvalue weighted by Crippen LogP contribution is 2.20. The van der Waals surface area contributed by atoms with E-state index < -0.39 is 0 Å². The summed E-state index contributed by atoms with van der Waals surface area (Å²) in [5.41, 5.74) is 3.39. The van der Waals surface area contributed by atoms with Crippen molar-refractivity contribution in [2.75, 3.05) is 5.32 Å². The van der Waals surface area contributed by atoms with E-state index in [1.54, 1.807) is 0 Å². The Bertz CT molecular complexity index is 421. The highest BCUT2D eigenvalue weighted by atomic mass is 16.1. The monoisotopic (exact) mass is 188 g/mol. The normalized spacial score (nSPS) is 15.4. The lowest BCUT2D eigenvalue weighted by Gasteiger charge is -2.06. The Kier molecular flexibility index (Phi) is 2.00. The van der Waals surface area contributed by atoms with Crippen LogP contribution in [0.3, 0.4) is 0 Å². The van der Waals surface area contributed by atoms with Gasteiger partial charge < -0.3 is 10.6 Å². The first kappa shape index (κ1) is 8.81. The van der Waals surface area contributed by atoms with Crippen LogP contribution in [0.15, 0.2) is 35.7 Å². The highest BCUT2D eigenvalue weighted by Gasteiger charge is 2.15. The van der Waals surface area contributed by atoms with Crippen molar-refractivity contribution in [1.29, 1.82) is 0 Å². The predicted molar refractivity (Wildman–Crippen MR) is 55.9 cm³/mol. The molecule has 3 nitrogen and oxygen atoms in total. The van der Waals surface area contributed by atoms with Gasteiger partial charge in [-0.1, -0.05) is 12.1 Å². The van der Waals surface area contributed by atoms with Gasteiger partial charge in [-0.05, 0) is 26.0 Å². The number of benzene rings is 1. The van der Waals surface area contributed by atoms with Crippen LogP contribution < -0.4 is 10.6 Å². The summed E-state index contributed by atoms with van der Waals surface area (Å²) in [4.78, 5) is 11.7. The molecule has 72 valence electrons. The molecular formula is C11H12N2O. The van der Waals surface area contributed by atoms with Crippen LogP contribution in [0.1, 0.15) is 24.2 Å². The number of hydrogen-bond acceptors (Lipinski definition) is 2. The van der Waals surface area contributed by atoms with Crippen molar-refractivity contribution >= 4 is 11.6 Å². The Hall–Kier alpha value is -1.77. The topological polar surface area (TPSA) is 41.1 Å². The summed E-state index contributed by atoms with van der Waals surface area (Å²) in [7, 11) is 0. The standard InChI is InChI=1S/C11H12N2O/c1-7-8(2)13-11(14)9-5-3-4-6-10(9)12-7/h3-6,12H,1-2H3,(H,13,14). The second-order valence-electron chi connectivity index (χ2n) is 3.37. The fraction of sp³-hybridized carbons (Fsp3) is 0.182. The molecule has 2 rings (SSSR count). The molecule has 3 heteroatoms. The van der Waals surface area contributed by atoms with Crippen LogP contribution in [0.5, 0.6) is 0 Å². The molecule has 1 aliphatic heterocycles. The van der Waals surface area contributed by atoms with Crippen molar-refractivity contribution in [3.05, 3.63) is 41.2 Å². The van der Waals surface area contributed by atoms with Crippen molar-refractivity contribution in [2.45, 2.75) is 13.8 Å². The molecule has 1 aliphatic rings. The van der Waals surface area contributed by atoms with E-state index in [0.717, 1.165) is 17.1 Å². The van der Waals surface area contributed by atoms with Gasteiger partial charge in [-0.2, -0.15) is 0 Å². The Morgan fingerprint density at radius 1 is 1.00 bits per heavy atom. The second-order valence-corrected chi connectivity index (χ2v) is 3.37. The molecule has 0 saturated carbocycles. The number of para-hydroxylation sites is 1. The van der Waals surface area contributed by atoms with E-state index >= 15 is 0 Å². The van der Waals surface area contributed by atoms with Gasteiger partial charge in [-0.15, -0.1) is 0 Å². The molecule has 0 aromatic heterocycles. The number of nitrogens with one attached hydrogen (secondary N) is 2. The Morgan fingerprint density at radius 2 is 1.64 bits per heavy atom. The molecule has 0 atom stereocenters. The molecule has 0 spiro atoms. The van der Waals surface area contributed by atoms with E-state index in [4.69, 9.17) is 0 Å². The third kappa shape index (κ3) is 1.37. The van der Waals surface area contributed by atoms with E-state index in [9.17, 15) is 4.79 Å². The Labute approximate surface area is 82.8 Å². The maximum atomic E-state index is 11.7. The average molecular weight is 188 g/mol. The van der Waals surface area contributed by atoms with Crippen LogP contribution in [-0.4, -0.2) is 5.91 Å². The van der Waals surface area contributed by atoms with Crippen LogP contribution in [0.2, 0.25) is 0 Å². The van der Waals surface area contributed by atoms with Crippen molar-refractivity contribution in [3.8, 4) is 0 Å². The number of allylic oxidation sites excluding steroid dienone is 2. The molecule has 0 aliphatic carbocycles. The maximum absolute atomic E-state index is 11.7. The summed E-state index contributed by atoms with van der Waals surface area (Å²) in [5.74, 6) is -0.0533. The number of fused-ring (bicyclic) bond motifs is 1. The van der Waals surface area contributed by atoms with Gasteiger partial charge in [0.25, 0.3) is 5.91 Å². The molecule has 0 bridgehead atoms. The second kappa shape index (κ2) is 3.18. The number of rotatable bonds is 0. The minimum atomic E-state index is -0.0533. The van der Waals surface area contributed by atoms with Gasteiger partial charge in [0.15, 0.2) is 0 Å². The van der Waals surface area contributed by atoms with Gasteiger partial charge in [0.2, 0.25) is 0 Å². The average Bonchev–Trinajstić information content (AvgIpc) is 2.27. The molecule has 0 saturated heterocycles. The Balaban J connectivity index is 2.53. The van der Waals surface area contributed by atoms with Crippen molar-refractivity contribution in [1.82, 2.24) is 5.32 Å². The van der Waals surface area contributed by atoms with E-state index in [0.29, 0.717) is 5.56 Å². The Morgan fingerprint density at radius 3 is 2.43 bits per heavy atom. The largest absolute Gasteiger partial charge is 0.357 e. The number of carbonyl (C=O) groups is 1. The minimum Gasteiger partial charge on any atom is -0.357 e. The summed E-state index contributed by atoms with van der Waals surface area (Å²) < 4.78 is 0. The van der Waals surface area contributed by atoms with Crippen LogP contribution in [0.25, 0.3) is 0 Å². The first-order valence-corrected chi connectivity index (χ1v) is 4.53. The summed E-state index contributed by atoms with van der Waals surface area (Å²) in [6.45, 7) is 3.82. The smallest absolute Gasteiger partial charge is 0.257 e. The third-order valence-corrected chi connectivity index (χ3v) is 2.36. The first-order chi connectivity index (χ1) is 6.68. The lowest BCUT2D eigenvalue weighted by molar-refractivity contribution is 0.0967. The molecule has 0 radical (unpaired) electrons. The summed E-state index contributed by atoms with van der Waals surface area (Å²) in [6.07, 6.45) is 0. The van der Waals surface area contributed by atoms with E-state index in [-0.39, 0.29) is 5.91 Å². The molecular weight excluding hydrogens is 176 g/mol. The quantitative estimate of drug-likeness (QED) is 0.654. The van der Waals surface area contributed by atoms with Gasteiger partial charge >= 0.3 is 0 Å². The van der Waals surface area contributed by atoms with Gasteiger partial charge in [0, 0.05) is 11.4 Å². The van der Waals surface area contributed by atoms with Crippen molar-refractivity contribution < 1.29 is 4.79 Å². The van der Waals surface area contributed by atoms with Crippen LogP contribution in [-0.2, 0) is 0 Å². The first-order valence-electron chi connectivity index (χ1n) is 4.53. The lowest BCUT2D eigenvalue weighted by Crippen LogP contribution is -2.20. The van der Waals surface area contributed by atoms with Gasteiger partial charge in [-0.3, -0.25) is 4.79 Å². The minimum absolute atomic E-state index is 0.0533. The molecule has 14 heavy (non-hydrogen) atoms. The highest BCUT2D eigenvalue weighted by molar-refractivity contribution is 6.01. The summed E-state index contributed by atoms with van der Waals surface area (Å²) in [5, 5.41) is 6.02. The number of carbonyl (C=O) groups excluding carboxylic acids is 1. The van der Waals surface area contributed by atoms with Gasteiger partial charge in [-0.25, -0.2) is 0 Å². The summed E-state index contributed by atoms with van der Waals surface area (Å²) in [6, 6.07) is 7.48. The van der Waals surface area contributed by atoms with Gasteiger partial charge in [0.05, 0.1) is 11.3 Å². The lowest BCUT2D eigenvalue weighted by atomic mass is 10.1. The van der Waals surface area contributed by atoms with Crippen molar-refractivity contribution in [2.24, 2.45) is 0 Å². The van der Waals surface area contributed by atoms with Crippen LogP contribution >= 0.6 is 0 Å². The van der Waals surface area contributed by atoms with Gasteiger partial charge in [0.1, 0.15) is 0 Å². The van der Waals surface area contributed by atoms with E-state index in [1.807, 2.05) is 38.1 Å². The molecule has 1 aromatic rings. The molecule has 1 amide bonds. The molecule has 1 aromatic carbocycles. The van der Waals surface area contributed by atoms with Crippen molar-refractivity contribution in [3.63, 3.8) is 0 Å². The third-order valence-electron chi connectivity index (χ3n) is 2.36. The zero-order valence-electron chi connectivity index (χ0n) is 8.22. The number of anilines is 1. The molecule has 1 heterocycles. The fourth-order valence-electron chi connectivity index (χ4n) is 1.42. The fourth-order valence-corrected chi connectivity index (χ4v) is 1.42. The van der Waals surface area contributed by atoms with Crippen LogP contribution in [0, 0.1) is 0 Å². The zero-order valence-corrected chi connectivity index (χ0v) is 8.22. The molecule has 2 N–H and O–H groups in total. The summed E-state index contributed by atoms with van der Waals surface area (Å²) >= 11 is 0. The zero-order chi connectivity index (χ0) is 10.1. The molecule has 0 unspecified atom stereocenters. The maximum Gasteiger partial charge on any atom is 0.257 e. The van der Waals surface area contributed by atoms with Crippen LogP contribution in [0.4, 0.5) is 5.69 Å².